The number of nitrogens with one attached hydrogen (secondary N) is 2. The average Bonchev–Trinajstić information content (AvgIpc) is 2.85. The molecule has 3 rings (SSSR count). The van der Waals surface area contributed by atoms with Crippen molar-refractivity contribution in [2.75, 3.05) is 58.6 Å². The van der Waals surface area contributed by atoms with Gasteiger partial charge in [0.15, 0.2) is 0 Å². The number of carbonyl (C=O) groups is 2. The Labute approximate surface area is 207 Å². The molecule has 1 heterocycles. The Bertz CT molecular complexity index is 1030. The molecule has 0 spiro atoms. The van der Waals surface area contributed by atoms with Gasteiger partial charge >= 0.3 is 6.03 Å². The second-order valence-electron chi connectivity index (χ2n) is 9.03. The first-order valence-electron chi connectivity index (χ1n) is 11.7. The van der Waals surface area contributed by atoms with Gasteiger partial charge in [0.25, 0.3) is 5.91 Å². The summed E-state index contributed by atoms with van der Waals surface area (Å²) in [6.07, 6.45) is -0.115. The van der Waals surface area contributed by atoms with Crippen molar-refractivity contribution in [3.8, 4) is 11.5 Å². The van der Waals surface area contributed by atoms with Gasteiger partial charge in [0.1, 0.15) is 18.1 Å². The summed E-state index contributed by atoms with van der Waals surface area (Å²) in [7, 11) is 7.02. The minimum atomic E-state index is -0.451. The van der Waals surface area contributed by atoms with Gasteiger partial charge in [-0.15, -0.1) is 0 Å². The summed E-state index contributed by atoms with van der Waals surface area (Å²) in [5, 5.41) is 5.56. The van der Waals surface area contributed by atoms with Crippen LogP contribution in [0, 0.1) is 5.92 Å². The van der Waals surface area contributed by atoms with Crippen LogP contribution in [0.15, 0.2) is 42.5 Å². The lowest BCUT2D eigenvalue weighted by atomic mass is 10.0. The largest absolute Gasteiger partial charge is 0.495 e. The van der Waals surface area contributed by atoms with Crippen molar-refractivity contribution in [3.05, 3.63) is 48.0 Å². The highest BCUT2D eigenvalue weighted by Gasteiger charge is 2.27. The molecule has 0 bridgehead atoms. The second-order valence-corrected chi connectivity index (χ2v) is 9.03. The molecule has 35 heavy (non-hydrogen) atoms. The molecule has 2 aromatic carbocycles. The van der Waals surface area contributed by atoms with E-state index in [0.717, 1.165) is 6.54 Å². The van der Waals surface area contributed by atoms with E-state index in [1.807, 2.05) is 6.07 Å². The second kappa shape index (κ2) is 11.9. The van der Waals surface area contributed by atoms with E-state index in [2.05, 4.69) is 36.4 Å². The molecular formula is C26H36N4O5. The molecule has 1 aliphatic heterocycles. The van der Waals surface area contributed by atoms with Crippen LogP contribution in [-0.2, 0) is 4.74 Å². The Kier molecular flexibility index (Phi) is 8.95. The zero-order valence-electron chi connectivity index (χ0n) is 21.3. The quantitative estimate of drug-likeness (QED) is 0.686. The maximum absolute atomic E-state index is 13.4. The van der Waals surface area contributed by atoms with E-state index < -0.39 is 6.03 Å². The van der Waals surface area contributed by atoms with E-state index in [-0.39, 0.29) is 24.0 Å². The summed E-state index contributed by atoms with van der Waals surface area (Å²) in [5.41, 5.74) is 1.38. The number of nitrogens with zero attached hydrogens (tertiary/aromatic N) is 2. The van der Waals surface area contributed by atoms with Crippen molar-refractivity contribution in [2.24, 2.45) is 5.92 Å². The minimum absolute atomic E-state index is 0.115. The molecule has 0 saturated heterocycles. The summed E-state index contributed by atoms with van der Waals surface area (Å²) in [6, 6.07) is 11.9. The minimum Gasteiger partial charge on any atom is -0.495 e. The fourth-order valence-corrected chi connectivity index (χ4v) is 4.07. The van der Waals surface area contributed by atoms with E-state index >= 15 is 0 Å². The zero-order chi connectivity index (χ0) is 25.5. The number of hydrogen-bond donors (Lipinski definition) is 2. The van der Waals surface area contributed by atoms with Gasteiger partial charge in [-0.2, -0.15) is 0 Å². The van der Waals surface area contributed by atoms with Crippen LogP contribution in [0.25, 0.3) is 0 Å². The maximum atomic E-state index is 13.4. The monoisotopic (exact) mass is 484 g/mol. The average molecular weight is 485 g/mol. The van der Waals surface area contributed by atoms with Crippen molar-refractivity contribution in [3.63, 3.8) is 0 Å². The number of hydrogen-bond acceptors (Lipinski definition) is 6. The van der Waals surface area contributed by atoms with Crippen LogP contribution in [0.3, 0.4) is 0 Å². The molecule has 9 heteroatoms. The molecule has 0 radical (unpaired) electrons. The van der Waals surface area contributed by atoms with Gasteiger partial charge in [0.2, 0.25) is 0 Å². The third kappa shape index (κ3) is 6.64. The summed E-state index contributed by atoms with van der Waals surface area (Å²) in [5.74, 6) is 1.03. The van der Waals surface area contributed by atoms with Gasteiger partial charge in [-0.3, -0.25) is 9.69 Å². The van der Waals surface area contributed by atoms with Gasteiger partial charge in [-0.25, -0.2) is 4.79 Å². The van der Waals surface area contributed by atoms with Crippen molar-refractivity contribution in [1.29, 1.82) is 0 Å². The van der Waals surface area contributed by atoms with Crippen molar-refractivity contribution >= 4 is 23.3 Å². The third-order valence-electron chi connectivity index (χ3n) is 6.37. The predicted octanol–water partition coefficient (Wildman–Crippen LogP) is 3.78. The number of benzene rings is 2. The van der Waals surface area contributed by atoms with E-state index in [1.165, 1.54) is 7.11 Å². The Morgan fingerprint density at radius 3 is 2.51 bits per heavy atom. The van der Waals surface area contributed by atoms with Crippen LogP contribution in [0.1, 0.15) is 24.2 Å². The lowest BCUT2D eigenvalue weighted by Crippen LogP contribution is -2.45. The first-order valence-corrected chi connectivity index (χ1v) is 11.7. The van der Waals surface area contributed by atoms with Crippen molar-refractivity contribution < 1.29 is 23.8 Å². The van der Waals surface area contributed by atoms with E-state index in [9.17, 15) is 9.59 Å². The molecule has 9 nitrogen and oxygen atoms in total. The summed E-state index contributed by atoms with van der Waals surface area (Å²) in [6.45, 7) is 5.89. The Morgan fingerprint density at radius 2 is 1.80 bits per heavy atom. The summed E-state index contributed by atoms with van der Waals surface area (Å²) in [4.78, 5) is 29.9. The van der Waals surface area contributed by atoms with E-state index in [0.29, 0.717) is 41.6 Å². The lowest BCUT2D eigenvalue weighted by Gasteiger charge is -2.34. The normalized spacial score (nSPS) is 21.7. The predicted molar refractivity (Wildman–Crippen MR) is 137 cm³/mol. The number of rotatable bonds is 4. The molecule has 3 amide bonds. The van der Waals surface area contributed by atoms with Gasteiger partial charge in [-0.05, 0) is 50.2 Å². The number of methoxy groups -OCH3 is 2. The number of urea groups is 1. The number of ether oxygens (including phenoxy) is 3. The van der Waals surface area contributed by atoms with Crippen LogP contribution in [-0.4, -0.2) is 81.9 Å². The number of anilines is 2. The number of fused-ring (bicyclic) bond motifs is 1. The summed E-state index contributed by atoms with van der Waals surface area (Å²) < 4.78 is 17.1. The molecular weight excluding hydrogens is 448 g/mol. The van der Waals surface area contributed by atoms with Crippen LogP contribution >= 0.6 is 0 Å². The first kappa shape index (κ1) is 26.3. The number of carbonyl (C=O) groups excluding carboxylic acids is 2. The standard InChI is InChI=1S/C26H36N4O5/c1-17-14-29(3)18(2)16-35-22-12-11-19(13-20(22)25(31)30(4)15-24(17)34-6)27-26(32)28-21-9-7-8-10-23(21)33-5/h7-13,17-18,24H,14-16H2,1-6H3,(H2,27,28,32)/t17-,18-,24-/m0/s1. The smallest absolute Gasteiger partial charge is 0.323 e. The molecule has 0 saturated carbocycles. The molecule has 2 aromatic rings. The van der Waals surface area contributed by atoms with Gasteiger partial charge in [0.05, 0.1) is 24.5 Å². The highest BCUT2D eigenvalue weighted by molar-refractivity contribution is 6.03. The molecule has 190 valence electrons. The van der Waals surface area contributed by atoms with Crippen LogP contribution in [0.5, 0.6) is 11.5 Å². The molecule has 2 N–H and O–H groups in total. The Morgan fingerprint density at radius 1 is 1.06 bits per heavy atom. The number of para-hydroxylation sites is 2. The maximum Gasteiger partial charge on any atom is 0.323 e. The van der Waals surface area contributed by atoms with Crippen molar-refractivity contribution in [1.82, 2.24) is 9.80 Å². The Balaban J connectivity index is 1.85. The number of likely N-dealkylation sites (N-methyl/N-ethyl adjacent to an activating group) is 2. The SMILES string of the molecule is COc1ccccc1NC(=O)Nc1ccc2c(c1)C(=O)N(C)C[C@H](OC)[C@@H](C)CN(C)[C@@H](C)CO2. The van der Waals surface area contributed by atoms with Crippen LogP contribution in [0.4, 0.5) is 16.2 Å². The number of amides is 3. The molecule has 0 unspecified atom stereocenters. The van der Waals surface area contributed by atoms with Gasteiger partial charge in [-0.1, -0.05) is 19.1 Å². The van der Waals surface area contributed by atoms with Crippen molar-refractivity contribution in [2.45, 2.75) is 26.0 Å². The van der Waals surface area contributed by atoms with E-state index in [4.69, 9.17) is 14.2 Å². The van der Waals surface area contributed by atoms with Crippen LogP contribution < -0.4 is 20.1 Å². The van der Waals surface area contributed by atoms with Crippen LogP contribution in [0.2, 0.25) is 0 Å². The molecule has 0 aromatic heterocycles. The molecule has 3 atom stereocenters. The van der Waals surface area contributed by atoms with Gasteiger partial charge < -0.3 is 29.7 Å². The summed E-state index contributed by atoms with van der Waals surface area (Å²) >= 11 is 0. The van der Waals surface area contributed by atoms with E-state index in [1.54, 1.807) is 55.5 Å². The molecule has 0 aliphatic carbocycles. The van der Waals surface area contributed by atoms with Gasteiger partial charge in [0, 0.05) is 39.0 Å². The fraction of sp³-hybridized carbons (Fsp3) is 0.462. The highest BCUT2D eigenvalue weighted by atomic mass is 16.5. The fourth-order valence-electron chi connectivity index (χ4n) is 4.07. The Hall–Kier alpha value is -3.30. The zero-order valence-corrected chi connectivity index (χ0v) is 21.3. The topological polar surface area (TPSA) is 92.4 Å². The lowest BCUT2D eigenvalue weighted by molar-refractivity contribution is 0.0150. The first-order chi connectivity index (χ1) is 16.7. The molecule has 1 aliphatic rings. The molecule has 0 fully saturated rings. The highest BCUT2D eigenvalue weighted by Crippen LogP contribution is 2.27. The third-order valence-corrected chi connectivity index (χ3v) is 6.37.